The number of anilines is 3. The Kier molecular flexibility index (Phi) is 5.18. The highest BCUT2D eigenvalue weighted by Gasteiger charge is 2.29. The molecule has 1 aliphatic heterocycles. The topological polar surface area (TPSA) is 61.4 Å². The predicted octanol–water partition coefficient (Wildman–Crippen LogP) is 4.13. The van der Waals surface area contributed by atoms with Crippen molar-refractivity contribution in [2.45, 2.75) is 33.2 Å². The van der Waals surface area contributed by atoms with E-state index in [1.807, 2.05) is 51.1 Å². The maximum atomic E-state index is 13.0. The van der Waals surface area contributed by atoms with Crippen LogP contribution in [0.5, 0.6) is 0 Å². The highest BCUT2D eigenvalue weighted by atomic mass is 35.5. The second-order valence-electron chi connectivity index (χ2n) is 6.67. The third-order valence-corrected chi connectivity index (χ3v) is 4.77. The normalized spacial score (nSPS) is 16.5. The molecule has 2 N–H and O–H groups in total. The molecular weight excluding hydrogens is 350 g/mol. The molecule has 0 fully saturated rings. The molecule has 0 aliphatic carbocycles. The van der Waals surface area contributed by atoms with Crippen LogP contribution in [0, 0.1) is 13.8 Å². The number of para-hydroxylation sites is 2. The summed E-state index contributed by atoms with van der Waals surface area (Å²) in [6.45, 7) is 5.91. The first-order valence-electron chi connectivity index (χ1n) is 8.58. The van der Waals surface area contributed by atoms with Gasteiger partial charge in [0.2, 0.25) is 11.8 Å². The number of carbonyl (C=O) groups is 2. The average Bonchev–Trinajstić information content (AvgIpc) is 2.67. The second kappa shape index (κ2) is 7.38. The first-order chi connectivity index (χ1) is 12.4. The summed E-state index contributed by atoms with van der Waals surface area (Å²) < 4.78 is 0. The Morgan fingerprint density at radius 1 is 1.31 bits per heavy atom. The molecule has 1 unspecified atom stereocenters. The van der Waals surface area contributed by atoms with Crippen molar-refractivity contribution in [2.75, 3.05) is 22.1 Å². The van der Waals surface area contributed by atoms with E-state index in [0.717, 1.165) is 16.8 Å². The van der Waals surface area contributed by atoms with Gasteiger partial charge in [-0.2, -0.15) is 0 Å². The number of nitrogens with one attached hydrogen (secondary N) is 2. The minimum atomic E-state index is -0.234. The van der Waals surface area contributed by atoms with Gasteiger partial charge in [-0.05, 0) is 50.1 Å². The maximum absolute atomic E-state index is 13.0. The zero-order chi connectivity index (χ0) is 18.8. The number of aryl methyl sites for hydroxylation is 2. The van der Waals surface area contributed by atoms with Gasteiger partial charge in [-0.25, -0.2) is 0 Å². The molecule has 1 aliphatic rings. The Labute approximate surface area is 158 Å². The van der Waals surface area contributed by atoms with Crippen molar-refractivity contribution in [3.63, 3.8) is 0 Å². The van der Waals surface area contributed by atoms with Gasteiger partial charge in [-0.15, -0.1) is 0 Å². The molecule has 2 aromatic rings. The molecule has 0 bridgehead atoms. The summed E-state index contributed by atoms with van der Waals surface area (Å²) in [6, 6.07) is 11.0. The molecule has 0 saturated heterocycles. The van der Waals surface area contributed by atoms with Gasteiger partial charge in [0.1, 0.15) is 0 Å². The SMILES string of the molecule is Cc1cc(C)c(NCC(=O)N2c3ccccc3NC(=O)CC2C)c(Cl)c1. The Morgan fingerprint density at radius 2 is 2.04 bits per heavy atom. The van der Waals surface area contributed by atoms with Crippen molar-refractivity contribution in [1.29, 1.82) is 0 Å². The van der Waals surface area contributed by atoms with Crippen LogP contribution in [0.4, 0.5) is 17.1 Å². The zero-order valence-corrected chi connectivity index (χ0v) is 15.9. The first-order valence-corrected chi connectivity index (χ1v) is 8.96. The van der Waals surface area contributed by atoms with Gasteiger partial charge in [0.05, 0.1) is 28.6 Å². The Bertz CT molecular complexity index is 843. The molecule has 0 radical (unpaired) electrons. The molecule has 0 saturated carbocycles. The molecule has 1 atom stereocenters. The van der Waals surface area contributed by atoms with E-state index in [2.05, 4.69) is 10.6 Å². The third kappa shape index (κ3) is 3.68. The fraction of sp³-hybridized carbons (Fsp3) is 0.300. The van der Waals surface area contributed by atoms with E-state index >= 15 is 0 Å². The molecular formula is C20H22ClN3O2. The van der Waals surface area contributed by atoms with Crippen molar-refractivity contribution in [1.82, 2.24) is 0 Å². The molecule has 6 heteroatoms. The van der Waals surface area contributed by atoms with Crippen molar-refractivity contribution in [3.8, 4) is 0 Å². The summed E-state index contributed by atoms with van der Waals surface area (Å²) in [5, 5.41) is 6.62. The number of hydrogen-bond donors (Lipinski definition) is 2. The highest BCUT2D eigenvalue weighted by Crippen LogP contribution is 2.32. The van der Waals surface area contributed by atoms with Gasteiger partial charge in [0, 0.05) is 12.5 Å². The number of amides is 2. The minimum Gasteiger partial charge on any atom is -0.375 e. The van der Waals surface area contributed by atoms with Crippen LogP contribution >= 0.6 is 11.6 Å². The summed E-state index contributed by atoms with van der Waals surface area (Å²) in [5.74, 6) is -0.205. The number of nitrogens with zero attached hydrogens (tertiary/aromatic N) is 1. The Morgan fingerprint density at radius 3 is 2.77 bits per heavy atom. The lowest BCUT2D eigenvalue weighted by Crippen LogP contribution is -2.42. The van der Waals surface area contributed by atoms with E-state index in [0.29, 0.717) is 16.4 Å². The number of benzene rings is 2. The summed E-state index contributed by atoms with van der Waals surface area (Å²) in [7, 11) is 0. The smallest absolute Gasteiger partial charge is 0.246 e. The standard InChI is InChI=1S/C20H22ClN3O2/c1-12-8-13(2)20(15(21)9-12)22-11-19(26)24-14(3)10-18(25)23-16-6-4-5-7-17(16)24/h4-9,14,22H,10-11H2,1-3H3,(H,23,25). The Hall–Kier alpha value is -2.53. The molecule has 1 heterocycles. The van der Waals surface area contributed by atoms with Crippen LogP contribution in [0.15, 0.2) is 36.4 Å². The third-order valence-electron chi connectivity index (χ3n) is 4.48. The predicted molar refractivity (Wildman–Crippen MR) is 106 cm³/mol. The second-order valence-corrected chi connectivity index (χ2v) is 7.08. The molecule has 2 amide bonds. The summed E-state index contributed by atoms with van der Waals surface area (Å²) in [6.07, 6.45) is 0.255. The Balaban J connectivity index is 1.84. The molecule has 3 rings (SSSR count). The lowest BCUT2D eigenvalue weighted by atomic mass is 10.1. The molecule has 5 nitrogen and oxygen atoms in total. The van der Waals surface area contributed by atoms with Gasteiger partial charge in [0.15, 0.2) is 0 Å². The molecule has 2 aromatic carbocycles. The average molecular weight is 372 g/mol. The number of fused-ring (bicyclic) bond motifs is 1. The van der Waals surface area contributed by atoms with E-state index in [4.69, 9.17) is 11.6 Å². The van der Waals surface area contributed by atoms with Gasteiger partial charge in [-0.3, -0.25) is 9.59 Å². The van der Waals surface area contributed by atoms with Crippen LogP contribution in [0.3, 0.4) is 0 Å². The minimum absolute atomic E-state index is 0.0920. The summed E-state index contributed by atoms with van der Waals surface area (Å²) in [4.78, 5) is 26.7. The van der Waals surface area contributed by atoms with Crippen molar-refractivity contribution < 1.29 is 9.59 Å². The van der Waals surface area contributed by atoms with Gasteiger partial charge in [0.25, 0.3) is 0 Å². The van der Waals surface area contributed by atoms with E-state index < -0.39 is 0 Å². The summed E-state index contributed by atoms with van der Waals surface area (Å²) >= 11 is 6.32. The first kappa shape index (κ1) is 18.3. The van der Waals surface area contributed by atoms with Crippen LogP contribution in [0.1, 0.15) is 24.5 Å². The lowest BCUT2D eigenvalue weighted by molar-refractivity contribution is -0.118. The van der Waals surface area contributed by atoms with Crippen molar-refractivity contribution in [2.24, 2.45) is 0 Å². The van der Waals surface area contributed by atoms with E-state index in [1.165, 1.54) is 0 Å². The zero-order valence-electron chi connectivity index (χ0n) is 15.1. The fourth-order valence-corrected chi connectivity index (χ4v) is 3.74. The largest absolute Gasteiger partial charge is 0.375 e. The van der Waals surface area contributed by atoms with Crippen LogP contribution < -0.4 is 15.5 Å². The van der Waals surface area contributed by atoms with Crippen LogP contribution in [-0.2, 0) is 9.59 Å². The van der Waals surface area contributed by atoms with Crippen LogP contribution in [0.2, 0.25) is 5.02 Å². The molecule has 136 valence electrons. The van der Waals surface area contributed by atoms with Crippen LogP contribution in [0.25, 0.3) is 0 Å². The quantitative estimate of drug-likeness (QED) is 0.852. The van der Waals surface area contributed by atoms with E-state index in [9.17, 15) is 9.59 Å². The number of halogens is 1. The van der Waals surface area contributed by atoms with Crippen molar-refractivity contribution in [3.05, 3.63) is 52.5 Å². The molecule has 26 heavy (non-hydrogen) atoms. The fourth-order valence-electron chi connectivity index (χ4n) is 3.36. The number of hydrogen-bond acceptors (Lipinski definition) is 3. The summed E-state index contributed by atoms with van der Waals surface area (Å²) in [5.41, 5.74) is 4.19. The van der Waals surface area contributed by atoms with Gasteiger partial charge < -0.3 is 15.5 Å². The van der Waals surface area contributed by atoms with E-state index in [1.54, 1.807) is 11.0 Å². The van der Waals surface area contributed by atoms with Crippen LogP contribution in [-0.4, -0.2) is 24.4 Å². The van der Waals surface area contributed by atoms with E-state index in [-0.39, 0.29) is 30.8 Å². The number of rotatable bonds is 3. The monoisotopic (exact) mass is 371 g/mol. The highest BCUT2D eigenvalue weighted by molar-refractivity contribution is 6.33. The maximum Gasteiger partial charge on any atom is 0.246 e. The molecule has 0 aromatic heterocycles. The van der Waals surface area contributed by atoms with Gasteiger partial charge in [-0.1, -0.05) is 29.8 Å². The number of carbonyl (C=O) groups excluding carboxylic acids is 2. The molecule has 0 spiro atoms. The van der Waals surface area contributed by atoms with Crippen molar-refractivity contribution >= 4 is 40.5 Å². The van der Waals surface area contributed by atoms with Gasteiger partial charge >= 0.3 is 0 Å². The lowest BCUT2D eigenvalue weighted by Gasteiger charge is -2.28.